The highest BCUT2D eigenvalue weighted by molar-refractivity contribution is 7.80. The Morgan fingerprint density at radius 1 is 1.46 bits per heavy atom. The molecule has 1 atom stereocenters. The number of hydrogen-bond acceptors (Lipinski definition) is 3. The molecule has 0 saturated heterocycles. The van der Waals surface area contributed by atoms with Gasteiger partial charge in [-0.05, 0) is 25.1 Å². The van der Waals surface area contributed by atoms with Gasteiger partial charge in [-0.2, -0.15) is 12.6 Å². The molecule has 0 bridgehead atoms. The van der Waals surface area contributed by atoms with Crippen LogP contribution in [0.5, 0.6) is 0 Å². The van der Waals surface area contributed by atoms with Crippen molar-refractivity contribution in [2.75, 3.05) is 39.6 Å². The molecular weight excluding hydrogens is 182 g/mol. The lowest BCUT2D eigenvalue weighted by Crippen LogP contribution is -2.27. The van der Waals surface area contributed by atoms with E-state index >= 15 is 0 Å². The molecule has 0 rings (SSSR count). The molecule has 0 aromatic rings. The Hall–Kier alpha value is 0.270. The molecule has 0 fully saturated rings. The van der Waals surface area contributed by atoms with Gasteiger partial charge in [-0.3, -0.25) is 0 Å². The van der Waals surface area contributed by atoms with Crippen molar-refractivity contribution in [1.29, 1.82) is 0 Å². The Labute approximate surface area is 88.1 Å². The predicted octanol–water partition coefficient (Wildman–Crippen LogP) is 1.91. The second-order valence-electron chi connectivity index (χ2n) is 3.57. The summed E-state index contributed by atoms with van der Waals surface area (Å²) in [4.78, 5) is 2.36. The third-order valence-electron chi connectivity index (χ3n) is 2.29. The van der Waals surface area contributed by atoms with Gasteiger partial charge in [0.25, 0.3) is 0 Å². The molecule has 0 saturated carbocycles. The van der Waals surface area contributed by atoms with Crippen molar-refractivity contribution in [2.24, 2.45) is 5.92 Å². The molecule has 0 radical (unpaired) electrons. The summed E-state index contributed by atoms with van der Waals surface area (Å²) in [6.45, 7) is 5.37. The second kappa shape index (κ2) is 8.85. The van der Waals surface area contributed by atoms with Gasteiger partial charge in [0.05, 0.1) is 0 Å². The monoisotopic (exact) mass is 205 g/mol. The summed E-state index contributed by atoms with van der Waals surface area (Å²) >= 11 is 4.33. The molecule has 0 N–H and O–H groups in total. The first kappa shape index (κ1) is 13.3. The van der Waals surface area contributed by atoms with Crippen molar-refractivity contribution < 1.29 is 4.74 Å². The van der Waals surface area contributed by atoms with Crippen LogP contribution >= 0.6 is 12.6 Å². The van der Waals surface area contributed by atoms with E-state index in [0.717, 1.165) is 37.8 Å². The first-order valence-electron chi connectivity index (χ1n) is 5.02. The summed E-state index contributed by atoms with van der Waals surface area (Å²) in [7, 11) is 3.92. The molecule has 2 nitrogen and oxygen atoms in total. The van der Waals surface area contributed by atoms with Crippen LogP contribution in [0.2, 0.25) is 0 Å². The number of hydrogen-bond donors (Lipinski definition) is 1. The Morgan fingerprint density at radius 2 is 2.15 bits per heavy atom. The van der Waals surface area contributed by atoms with E-state index in [1.54, 1.807) is 7.11 Å². The molecule has 0 aromatic carbocycles. The minimum atomic E-state index is 0.732. The van der Waals surface area contributed by atoms with Gasteiger partial charge in [0.2, 0.25) is 0 Å². The highest BCUT2D eigenvalue weighted by Gasteiger charge is 2.06. The quantitative estimate of drug-likeness (QED) is 0.480. The lowest BCUT2D eigenvalue weighted by atomic mass is 10.1. The average molecular weight is 205 g/mol. The van der Waals surface area contributed by atoms with Crippen LogP contribution in [0.3, 0.4) is 0 Å². The fourth-order valence-corrected chi connectivity index (χ4v) is 1.70. The highest BCUT2D eigenvalue weighted by Crippen LogP contribution is 2.06. The number of rotatable bonds is 8. The standard InChI is InChI=1S/C10H23NOS/c1-4-10(9-13)8-11(2)6-5-7-12-3/h10,13H,4-9H2,1-3H3. The third kappa shape index (κ3) is 7.35. The zero-order valence-corrected chi connectivity index (χ0v) is 10.0. The molecule has 0 aliphatic rings. The van der Waals surface area contributed by atoms with Gasteiger partial charge in [-0.25, -0.2) is 0 Å². The first-order chi connectivity index (χ1) is 6.24. The molecule has 0 spiro atoms. The molecule has 13 heavy (non-hydrogen) atoms. The molecular formula is C10H23NOS. The van der Waals surface area contributed by atoms with E-state index in [4.69, 9.17) is 4.74 Å². The molecule has 3 heteroatoms. The van der Waals surface area contributed by atoms with E-state index in [2.05, 4.69) is 31.5 Å². The van der Waals surface area contributed by atoms with Gasteiger partial charge in [0.15, 0.2) is 0 Å². The number of methoxy groups -OCH3 is 1. The van der Waals surface area contributed by atoms with Gasteiger partial charge in [0, 0.05) is 26.8 Å². The maximum Gasteiger partial charge on any atom is 0.0474 e. The van der Waals surface area contributed by atoms with Crippen LogP contribution in [-0.2, 0) is 4.74 Å². The van der Waals surface area contributed by atoms with Crippen molar-refractivity contribution in [1.82, 2.24) is 4.90 Å². The van der Waals surface area contributed by atoms with Crippen LogP contribution < -0.4 is 0 Å². The molecule has 80 valence electrons. The van der Waals surface area contributed by atoms with Crippen LogP contribution in [0.1, 0.15) is 19.8 Å². The molecule has 1 unspecified atom stereocenters. The maximum atomic E-state index is 5.01. The van der Waals surface area contributed by atoms with E-state index in [0.29, 0.717) is 0 Å². The molecule has 0 aromatic heterocycles. The van der Waals surface area contributed by atoms with Gasteiger partial charge >= 0.3 is 0 Å². The van der Waals surface area contributed by atoms with Gasteiger partial charge in [-0.15, -0.1) is 0 Å². The summed E-state index contributed by atoms with van der Waals surface area (Å²) < 4.78 is 5.01. The second-order valence-corrected chi connectivity index (χ2v) is 3.93. The Morgan fingerprint density at radius 3 is 2.62 bits per heavy atom. The summed E-state index contributed by atoms with van der Waals surface area (Å²) in [5.74, 6) is 1.72. The van der Waals surface area contributed by atoms with Crippen molar-refractivity contribution >= 4 is 12.6 Å². The molecule has 0 aliphatic carbocycles. The van der Waals surface area contributed by atoms with E-state index in [9.17, 15) is 0 Å². The summed E-state index contributed by atoms with van der Waals surface area (Å²) in [5.41, 5.74) is 0. The van der Waals surface area contributed by atoms with Crippen molar-refractivity contribution in [3.8, 4) is 0 Å². The fourth-order valence-electron chi connectivity index (χ4n) is 1.33. The zero-order chi connectivity index (χ0) is 10.1. The van der Waals surface area contributed by atoms with Crippen LogP contribution in [0.15, 0.2) is 0 Å². The number of ether oxygens (including phenoxy) is 1. The minimum absolute atomic E-state index is 0.732. The fraction of sp³-hybridized carbons (Fsp3) is 1.00. The van der Waals surface area contributed by atoms with Crippen molar-refractivity contribution in [2.45, 2.75) is 19.8 Å². The minimum Gasteiger partial charge on any atom is -0.385 e. The van der Waals surface area contributed by atoms with Crippen LogP contribution in [0.25, 0.3) is 0 Å². The highest BCUT2D eigenvalue weighted by atomic mass is 32.1. The molecule has 0 amide bonds. The van der Waals surface area contributed by atoms with Gasteiger partial charge < -0.3 is 9.64 Å². The van der Waals surface area contributed by atoms with E-state index in [1.165, 1.54) is 6.42 Å². The largest absolute Gasteiger partial charge is 0.385 e. The number of thiol groups is 1. The van der Waals surface area contributed by atoms with Crippen molar-refractivity contribution in [3.63, 3.8) is 0 Å². The lowest BCUT2D eigenvalue weighted by molar-refractivity contribution is 0.175. The molecule has 0 heterocycles. The summed E-state index contributed by atoms with van der Waals surface area (Å²) in [6, 6.07) is 0. The van der Waals surface area contributed by atoms with Crippen LogP contribution in [-0.4, -0.2) is 44.5 Å². The number of nitrogens with zero attached hydrogens (tertiary/aromatic N) is 1. The van der Waals surface area contributed by atoms with E-state index in [1.807, 2.05) is 0 Å². The van der Waals surface area contributed by atoms with E-state index in [-0.39, 0.29) is 0 Å². The summed E-state index contributed by atoms with van der Waals surface area (Å²) in [5, 5.41) is 0. The smallest absolute Gasteiger partial charge is 0.0474 e. The maximum absolute atomic E-state index is 5.01. The Balaban J connectivity index is 3.42. The molecule has 0 aliphatic heterocycles. The average Bonchev–Trinajstić information content (AvgIpc) is 2.14. The van der Waals surface area contributed by atoms with Crippen LogP contribution in [0.4, 0.5) is 0 Å². The topological polar surface area (TPSA) is 12.5 Å². The Kier molecular flexibility index (Phi) is 9.03. The normalized spacial score (nSPS) is 13.6. The van der Waals surface area contributed by atoms with Gasteiger partial charge in [-0.1, -0.05) is 13.3 Å². The predicted molar refractivity (Wildman–Crippen MR) is 61.6 cm³/mol. The van der Waals surface area contributed by atoms with Crippen LogP contribution in [0, 0.1) is 5.92 Å². The SMILES string of the molecule is CCC(CS)CN(C)CCCOC. The summed E-state index contributed by atoms with van der Waals surface area (Å²) in [6.07, 6.45) is 2.34. The Bertz CT molecular complexity index is 107. The first-order valence-corrected chi connectivity index (χ1v) is 5.66. The van der Waals surface area contributed by atoms with E-state index < -0.39 is 0 Å². The zero-order valence-electron chi connectivity index (χ0n) is 9.12. The van der Waals surface area contributed by atoms with Gasteiger partial charge in [0.1, 0.15) is 0 Å². The van der Waals surface area contributed by atoms with Crippen molar-refractivity contribution in [3.05, 3.63) is 0 Å². The third-order valence-corrected chi connectivity index (χ3v) is 2.81. The lowest BCUT2D eigenvalue weighted by Gasteiger charge is -2.21.